The Labute approximate surface area is 315 Å². The Morgan fingerprint density at radius 3 is 1.91 bits per heavy atom. The van der Waals surface area contributed by atoms with Gasteiger partial charge in [0.2, 0.25) is 0 Å². The first-order valence-electron chi connectivity index (χ1n) is 18.9. The van der Waals surface area contributed by atoms with Crippen molar-refractivity contribution in [2.75, 3.05) is 0 Å². The molecule has 0 N–H and O–H groups in total. The molecule has 12 aromatic rings. The molecule has 254 valence electrons. The van der Waals surface area contributed by atoms with Crippen molar-refractivity contribution in [2.45, 2.75) is 0 Å². The average Bonchev–Trinajstić information content (AvgIpc) is 3.98. The van der Waals surface area contributed by atoms with Crippen molar-refractivity contribution in [3.63, 3.8) is 0 Å². The number of rotatable bonds is 3. The fourth-order valence-electron chi connectivity index (χ4n) is 9.72. The van der Waals surface area contributed by atoms with Crippen LogP contribution in [0.1, 0.15) is 0 Å². The highest BCUT2D eigenvalue weighted by Crippen LogP contribution is 2.49. The Hall–Kier alpha value is -7.36. The third kappa shape index (κ3) is 3.84. The fourth-order valence-corrected chi connectivity index (χ4v) is 9.72. The summed E-state index contributed by atoms with van der Waals surface area (Å²) in [5, 5.41) is 9.64. The smallest absolute Gasteiger partial charge is 0.145 e. The van der Waals surface area contributed by atoms with Gasteiger partial charge in [0.1, 0.15) is 11.2 Å². The molecule has 13 rings (SSSR count). The van der Waals surface area contributed by atoms with E-state index < -0.39 is 0 Å². The molecule has 0 saturated heterocycles. The summed E-state index contributed by atoms with van der Waals surface area (Å²) in [4.78, 5) is 0. The number of aromatic nitrogens is 2. The maximum Gasteiger partial charge on any atom is 0.145 e. The summed E-state index contributed by atoms with van der Waals surface area (Å²) in [5.74, 6) is 0. The molecule has 3 aromatic heterocycles. The maximum atomic E-state index is 6.79. The Balaban J connectivity index is 1.20. The van der Waals surface area contributed by atoms with Crippen molar-refractivity contribution >= 4 is 76.3 Å². The van der Waals surface area contributed by atoms with Gasteiger partial charge in [-0.05, 0) is 92.7 Å². The van der Waals surface area contributed by atoms with Crippen LogP contribution in [0, 0.1) is 0 Å². The van der Waals surface area contributed by atoms with Gasteiger partial charge in [-0.2, -0.15) is 0 Å². The van der Waals surface area contributed by atoms with Gasteiger partial charge in [-0.25, -0.2) is 0 Å². The largest absolute Gasteiger partial charge is 0.455 e. The lowest BCUT2D eigenvalue weighted by Gasteiger charge is -2.14. The van der Waals surface area contributed by atoms with E-state index in [9.17, 15) is 0 Å². The summed E-state index contributed by atoms with van der Waals surface area (Å²) in [6, 6.07) is 66.5. The first-order chi connectivity index (χ1) is 27.3. The minimum atomic E-state index is 0.904. The lowest BCUT2D eigenvalue weighted by molar-refractivity contribution is 0.673. The number of para-hydroxylation sites is 2. The number of nitrogens with zero attached hydrogens (tertiary/aromatic N) is 2. The fraction of sp³-hybridized carbons (Fsp3) is 0. The second-order valence-corrected chi connectivity index (χ2v) is 14.8. The van der Waals surface area contributed by atoms with Crippen molar-refractivity contribution in [3.05, 3.63) is 182 Å². The molecule has 0 fully saturated rings. The summed E-state index contributed by atoms with van der Waals surface area (Å²) >= 11 is 0. The minimum absolute atomic E-state index is 0.904. The number of hydrogen-bond acceptors (Lipinski definition) is 1. The van der Waals surface area contributed by atoms with Crippen LogP contribution < -0.4 is 0 Å². The quantitative estimate of drug-likeness (QED) is 0.180. The molecular formula is C52H30N2O. The van der Waals surface area contributed by atoms with Crippen LogP contribution in [-0.4, -0.2) is 9.13 Å². The molecule has 0 amide bonds. The van der Waals surface area contributed by atoms with E-state index in [1.54, 1.807) is 0 Å². The molecule has 0 atom stereocenters. The van der Waals surface area contributed by atoms with Gasteiger partial charge in [-0.15, -0.1) is 0 Å². The molecule has 1 aliphatic carbocycles. The van der Waals surface area contributed by atoms with Crippen LogP contribution in [0.4, 0.5) is 0 Å². The number of hydrogen-bond donors (Lipinski definition) is 0. The highest BCUT2D eigenvalue weighted by atomic mass is 16.3. The topological polar surface area (TPSA) is 23.0 Å². The predicted octanol–water partition coefficient (Wildman–Crippen LogP) is 14.2. The predicted molar refractivity (Wildman–Crippen MR) is 230 cm³/mol. The van der Waals surface area contributed by atoms with Crippen LogP contribution in [0.5, 0.6) is 0 Å². The van der Waals surface area contributed by atoms with Gasteiger partial charge < -0.3 is 13.6 Å². The van der Waals surface area contributed by atoms with Crippen LogP contribution in [0.25, 0.3) is 121 Å². The molecule has 3 heterocycles. The molecule has 3 nitrogen and oxygen atoms in total. The van der Waals surface area contributed by atoms with Gasteiger partial charge >= 0.3 is 0 Å². The average molecular weight is 699 g/mol. The van der Waals surface area contributed by atoms with Gasteiger partial charge in [0, 0.05) is 38.3 Å². The molecule has 0 aliphatic heterocycles. The molecule has 55 heavy (non-hydrogen) atoms. The summed E-state index contributed by atoms with van der Waals surface area (Å²) in [6.07, 6.45) is 0. The van der Waals surface area contributed by atoms with Crippen LogP contribution in [0.2, 0.25) is 0 Å². The van der Waals surface area contributed by atoms with Crippen LogP contribution >= 0.6 is 0 Å². The van der Waals surface area contributed by atoms with E-state index in [4.69, 9.17) is 4.42 Å². The third-order valence-electron chi connectivity index (χ3n) is 12.0. The monoisotopic (exact) mass is 698 g/mol. The summed E-state index contributed by atoms with van der Waals surface area (Å²) < 4.78 is 11.8. The summed E-state index contributed by atoms with van der Waals surface area (Å²) in [5.41, 5.74) is 16.3. The Bertz CT molecular complexity index is 3590. The first kappa shape index (κ1) is 29.1. The summed E-state index contributed by atoms with van der Waals surface area (Å²) in [7, 11) is 0. The number of furan rings is 1. The Morgan fingerprint density at radius 2 is 1.02 bits per heavy atom. The van der Waals surface area contributed by atoms with Crippen molar-refractivity contribution in [1.29, 1.82) is 0 Å². The van der Waals surface area contributed by atoms with Gasteiger partial charge in [0.25, 0.3) is 0 Å². The van der Waals surface area contributed by atoms with E-state index in [0.29, 0.717) is 0 Å². The normalized spacial score (nSPS) is 12.4. The molecule has 0 radical (unpaired) electrons. The second kappa shape index (κ2) is 10.6. The van der Waals surface area contributed by atoms with Crippen molar-refractivity contribution in [3.8, 4) is 44.8 Å². The zero-order valence-corrected chi connectivity index (χ0v) is 29.6. The van der Waals surface area contributed by atoms with Gasteiger partial charge in [-0.1, -0.05) is 133 Å². The standard InChI is InChI=1S/C52H30N2O/c1-2-11-31(12-3-1)33-15-8-16-34(29-33)54-46-28-27-42-38-18-5-7-22-47(38)55-52(42)49(46)43-26-25-41-37-17-4-6-21-45(37)53(50(41)51(43)54)35-23-24-36-39-19-9-13-32-14-10-20-40(48(32)39)44(36)30-35/h1-30H. The molecule has 3 heteroatoms. The molecule has 1 aliphatic rings. The summed E-state index contributed by atoms with van der Waals surface area (Å²) in [6.45, 7) is 0. The first-order valence-corrected chi connectivity index (χ1v) is 18.9. The molecule has 0 spiro atoms. The van der Waals surface area contributed by atoms with Crippen LogP contribution in [0.15, 0.2) is 186 Å². The third-order valence-corrected chi connectivity index (χ3v) is 12.0. The highest BCUT2D eigenvalue weighted by molar-refractivity contribution is 6.29. The molecule has 0 saturated carbocycles. The van der Waals surface area contributed by atoms with Crippen molar-refractivity contribution in [2.24, 2.45) is 0 Å². The lowest BCUT2D eigenvalue weighted by atomic mass is 10.0. The molecule has 0 unspecified atom stereocenters. The molecule has 9 aromatic carbocycles. The van der Waals surface area contributed by atoms with Gasteiger partial charge in [0.15, 0.2) is 0 Å². The van der Waals surface area contributed by atoms with Crippen LogP contribution in [-0.2, 0) is 0 Å². The molecular weight excluding hydrogens is 669 g/mol. The van der Waals surface area contributed by atoms with E-state index in [1.807, 2.05) is 0 Å². The SMILES string of the molecule is c1ccc(-c2cccc(-n3c4ccc5c6ccccc6oc5c4c4ccc5c6ccccc6n(-c6ccc7c(c6)-c6cccc8cccc-7c68)c5c43)c2)cc1. The highest BCUT2D eigenvalue weighted by Gasteiger charge is 2.26. The van der Waals surface area contributed by atoms with Crippen molar-refractivity contribution in [1.82, 2.24) is 9.13 Å². The zero-order chi connectivity index (χ0) is 35.8. The van der Waals surface area contributed by atoms with Crippen LogP contribution in [0.3, 0.4) is 0 Å². The van der Waals surface area contributed by atoms with E-state index in [-0.39, 0.29) is 0 Å². The Kier molecular flexibility index (Phi) is 5.63. The van der Waals surface area contributed by atoms with Gasteiger partial charge in [-0.3, -0.25) is 0 Å². The van der Waals surface area contributed by atoms with E-state index in [1.165, 1.54) is 71.3 Å². The Morgan fingerprint density at radius 1 is 0.345 bits per heavy atom. The van der Waals surface area contributed by atoms with E-state index in [2.05, 4.69) is 191 Å². The number of fused-ring (bicyclic) bond motifs is 14. The lowest BCUT2D eigenvalue weighted by Crippen LogP contribution is -1.99. The minimum Gasteiger partial charge on any atom is -0.455 e. The maximum absolute atomic E-state index is 6.79. The van der Waals surface area contributed by atoms with Gasteiger partial charge in [0.05, 0.1) is 27.5 Å². The zero-order valence-electron chi connectivity index (χ0n) is 29.6. The van der Waals surface area contributed by atoms with E-state index >= 15 is 0 Å². The number of benzene rings is 9. The molecule has 0 bridgehead atoms. The van der Waals surface area contributed by atoms with Crippen molar-refractivity contribution < 1.29 is 4.42 Å². The van der Waals surface area contributed by atoms with E-state index in [0.717, 1.165) is 49.7 Å². The second-order valence-electron chi connectivity index (χ2n) is 14.8.